The molecule has 0 aliphatic heterocycles. The quantitative estimate of drug-likeness (QED) is 0.219. The zero-order chi connectivity index (χ0) is 28.1. The molecule has 4 aromatic rings. The molecule has 0 aliphatic rings. The van der Waals surface area contributed by atoms with Gasteiger partial charge < -0.3 is 5.11 Å². The Balaban J connectivity index is 0.000000211. The van der Waals surface area contributed by atoms with E-state index in [1.54, 1.807) is 44.2 Å². The number of hydrogen-bond acceptors (Lipinski definition) is 4. The number of aldehydes is 1. The first kappa shape index (κ1) is 28.5. The summed E-state index contributed by atoms with van der Waals surface area (Å²) >= 11 is 0. The van der Waals surface area contributed by atoms with Gasteiger partial charge in [0, 0.05) is 28.1 Å². The molecule has 0 atom stereocenters. The zero-order valence-corrected chi connectivity index (χ0v) is 20.2. The summed E-state index contributed by atoms with van der Waals surface area (Å²) in [5.74, 6) is 0. The van der Waals surface area contributed by atoms with Crippen LogP contribution < -0.4 is 0 Å². The van der Waals surface area contributed by atoms with Crippen molar-refractivity contribution in [2.24, 2.45) is 0 Å². The molecule has 0 amide bonds. The highest BCUT2D eigenvalue weighted by molar-refractivity contribution is 5.77. The number of halogens is 6. The first-order valence-electron chi connectivity index (χ1n) is 11.2. The van der Waals surface area contributed by atoms with Crippen molar-refractivity contribution in [3.8, 4) is 22.5 Å². The van der Waals surface area contributed by atoms with Crippen LogP contribution in [0.5, 0.6) is 0 Å². The van der Waals surface area contributed by atoms with E-state index in [1.165, 1.54) is 18.2 Å². The largest absolute Gasteiger partial charge is 0.416 e. The van der Waals surface area contributed by atoms with Crippen LogP contribution in [0.15, 0.2) is 72.8 Å². The number of carbonyl (C=O) groups is 1. The van der Waals surface area contributed by atoms with Crippen molar-refractivity contribution in [3.63, 3.8) is 0 Å². The predicted molar refractivity (Wildman–Crippen MR) is 130 cm³/mol. The van der Waals surface area contributed by atoms with Crippen molar-refractivity contribution < 1.29 is 36.2 Å². The van der Waals surface area contributed by atoms with Gasteiger partial charge >= 0.3 is 12.4 Å². The summed E-state index contributed by atoms with van der Waals surface area (Å²) in [7, 11) is 0. The minimum absolute atomic E-state index is 0.137. The predicted octanol–water partition coefficient (Wildman–Crippen LogP) is 7.46. The molecule has 198 valence electrons. The van der Waals surface area contributed by atoms with Crippen molar-refractivity contribution in [1.82, 2.24) is 9.97 Å². The Labute approximate surface area is 214 Å². The van der Waals surface area contributed by atoms with E-state index < -0.39 is 23.5 Å². The molecule has 0 fully saturated rings. The number of alkyl halides is 6. The number of aliphatic hydroxyl groups excluding tert-OH is 1. The highest BCUT2D eigenvalue weighted by Gasteiger charge is 2.31. The van der Waals surface area contributed by atoms with Gasteiger partial charge in [-0.1, -0.05) is 30.3 Å². The molecule has 2 heterocycles. The Bertz CT molecular complexity index is 1430. The lowest BCUT2D eigenvalue weighted by Crippen LogP contribution is -2.04. The summed E-state index contributed by atoms with van der Waals surface area (Å²) in [5, 5.41) is 9.04. The monoisotopic (exact) mass is 532 g/mol. The van der Waals surface area contributed by atoms with Crippen molar-refractivity contribution >= 4 is 6.29 Å². The Kier molecular flexibility index (Phi) is 8.67. The summed E-state index contributed by atoms with van der Waals surface area (Å²) in [6, 6.07) is 16.3. The van der Waals surface area contributed by atoms with Gasteiger partial charge in [-0.25, -0.2) is 0 Å². The lowest BCUT2D eigenvalue weighted by atomic mass is 10.1. The first-order valence-corrected chi connectivity index (χ1v) is 11.2. The van der Waals surface area contributed by atoms with E-state index in [-0.39, 0.29) is 6.61 Å². The van der Waals surface area contributed by atoms with Crippen LogP contribution in [0.2, 0.25) is 0 Å². The van der Waals surface area contributed by atoms with Crippen molar-refractivity contribution in [1.29, 1.82) is 0 Å². The van der Waals surface area contributed by atoms with E-state index in [2.05, 4.69) is 9.97 Å². The molecule has 4 nitrogen and oxygen atoms in total. The maximum Gasteiger partial charge on any atom is 0.416 e. The Morgan fingerprint density at radius 2 is 1.18 bits per heavy atom. The van der Waals surface area contributed by atoms with Crippen LogP contribution in [0.1, 0.15) is 38.4 Å². The van der Waals surface area contributed by atoms with Crippen LogP contribution in [0.25, 0.3) is 22.5 Å². The highest BCUT2D eigenvalue weighted by Crippen LogP contribution is 2.33. The summed E-state index contributed by atoms with van der Waals surface area (Å²) in [5.41, 5.74) is 2.42. The zero-order valence-electron chi connectivity index (χ0n) is 20.2. The lowest BCUT2D eigenvalue weighted by Gasteiger charge is -2.09. The van der Waals surface area contributed by atoms with Crippen LogP contribution in [-0.4, -0.2) is 21.4 Å². The molecule has 1 N–H and O–H groups in total. The number of nitrogens with zero attached hydrogens (tertiary/aromatic N) is 2. The number of pyridine rings is 2. The second-order valence-electron chi connectivity index (χ2n) is 8.25. The van der Waals surface area contributed by atoms with Crippen LogP contribution in [0, 0.1) is 13.8 Å². The molecule has 0 unspecified atom stereocenters. The molecule has 0 bridgehead atoms. The average molecular weight is 532 g/mol. The van der Waals surface area contributed by atoms with Crippen molar-refractivity contribution in [3.05, 3.63) is 106 Å². The van der Waals surface area contributed by atoms with Gasteiger partial charge in [0.2, 0.25) is 0 Å². The molecule has 2 aromatic heterocycles. The van der Waals surface area contributed by atoms with Crippen LogP contribution in [0.4, 0.5) is 26.3 Å². The molecular weight excluding hydrogens is 510 g/mol. The Hall–Kier alpha value is -4.05. The molecule has 2 aromatic carbocycles. The topological polar surface area (TPSA) is 63.1 Å². The van der Waals surface area contributed by atoms with E-state index >= 15 is 0 Å². The van der Waals surface area contributed by atoms with Gasteiger partial charge in [-0.15, -0.1) is 0 Å². The molecule has 0 spiro atoms. The molecule has 0 radical (unpaired) electrons. The van der Waals surface area contributed by atoms with Gasteiger partial charge in [0.25, 0.3) is 0 Å². The summed E-state index contributed by atoms with van der Waals surface area (Å²) in [6.45, 7) is 3.21. The van der Waals surface area contributed by atoms with Gasteiger partial charge in [-0.3, -0.25) is 14.8 Å². The molecule has 0 saturated heterocycles. The number of hydrogen-bond donors (Lipinski definition) is 1. The molecule has 38 heavy (non-hydrogen) atoms. The number of carbonyl (C=O) groups excluding carboxylic acids is 1. The van der Waals surface area contributed by atoms with Crippen LogP contribution in [0.3, 0.4) is 0 Å². The third kappa shape index (κ3) is 7.04. The maximum atomic E-state index is 12.6. The molecule has 4 rings (SSSR count). The number of aromatic nitrogens is 2. The van der Waals surface area contributed by atoms with E-state index in [1.807, 2.05) is 0 Å². The Morgan fingerprint density at radius 3 is 1.58 bits per heavy atom. The molecular formula is C28H22F6N2O2. The molecule has 10 heteroatoms. The standard InChI is InChI=1S/C14H12F3NO.C14H10F3NO/c2*1-9-11(8-19)5-6-13(18-9)10-3-2-4-12(7-10)14(15,16)17/h2-7,19H,8H2,1H3;2-8H,1H3. The second-order valence-corrected chi connectivity index (χ2v) is 8.25. The number of aryl methyl sites for hydroxylation is 2. The van der Waals surface area contributed by atoms with Gasteiger partial charge in [0.1, 0.15) is 0 Å². The third-order valence-corrected chi connectivity index (χ3v) is 5.59. The average Bonchev–Trinajstić information content (AvgIpc) is 2.88. The SMILES string of the molecule is Cc1nc(-c2cccc(C(F)(F)F)c2)ccc1C=O.Cc1nc(-c2cccc(C(F)(F)F)c2)ccc1CO. The highest BCUT2D eigenvalue weighted by atomic mass is 19.4. The summed E-state index contributed by atoms with van der Waals surface area (Å²) in [4.78, 5) is 19.0. The van der Waals surface area contributed by atoms with Crippen molar-refractivity contribution in [2.45, 2.75) is 32.8 Å². The Morgan fingerprint density at radius 1 is 0.711 bits per heavy atom. The second kappa shape index (κ2) is 11.6. The van der Waals surface area contributed by atoms with E-state index in [4.69, 9.17) is 5.11 Å². The lowest BCUT2D eigenvalue weighted by molar-refractivity contribution is -0.138. The normalized spacial score (nSPS) is 11.5. The van der Waals surface area contributed by atoms with Crippen LogP contribution in [-0.2, 0) is 19.0 Å². The fourth-order valence-electron chi connectivity index (χ4n) is 3.48. The third-order valence-electron chi connectivity index (χ3n) is 5.59. The summed E-state index contributed by atoms with van der Waals surface area (Å²) < 4.78 is 75.7. The fourth-order valence-corrected chi connectivity index (χ4v) is 3.48. The number of benzene rings is 2. The minimum atomic E-state index is -4.38. The minimum Gasteiger partial charge on any atom is -0.392 e. The molecule has 0 aliphatic carbocycles. The van der Waals surface area contributed by atoms with Gasteiger partial charge in [-0.2, -0.15) is 26.3 Å². The van der Waals surface area contributed by atoms with Gasteiger partial charge in [-0.05, 0) is 61.9 Å². The van der Waals surface area contributed by atoms with E-state index in [9.17, 15) is 31.1 Å². The number of rotatable bonds is 4. The number of aliphatic hydroxyl groups is 1. The fraction of sp³-hybridized carbons (Fsp3) is 0.179. The van der Waals surface area contributed by atoms with E-state index in [0.717, 1.165) is 24.3 Å². The smallest absolute Gasteiger partial charge is 0.392 e. The maximum absolute atomic E-state index is 12.6. The van der Waals surface area contributed by atoms with Crippen molar-refractivity contribution in [2.75, 3.05) is 0 Å². The van der Waals surface area contributed by atoms with Gasteiger partial charge in [0.05, 0.1) is 29.1 Å². The first-order chi connectivity index (χ1) is 17.8. The van der Waals surface area contributed by atoms with Gasteiger partial charge in [0.15, 0.2) is 6.29 Å². The molecule has 0 saturated carbocycles. The summed E-state index contributed by atoms with van der Waals surface area (Å²) in [6.07, 6.45) is -8.08. The van der Waals surface area contributed by atoms with Crippen LogP contribution >= 0.6 is 0 Å². The van der Waals surface area contributed by atoms with E-state index in [0.29, 0.717) is 51.3 Å².